The number of rotatable bonds is 5. The van der Waals surface area contributed by atoms with Crippen LogP contribution < -0.4 is 15.5 Å². The quantitative estimate of drug-likeness (QED) is 0.730. The van der Waals surface area contributed by atoms with Crippen molar-refractivity contribution in [3.63, 3.8) is 0 Å². The first-order chi connectivity index (χ1) is 12.8. The van der Waals surface area contributed by atoms with Gasteiger partial charge in [0.15, 0.2) is 11.4 Å². The molecule has 0 spiro atoms. The first kappa shape index (κ1) is 15.5. The second-order valence-corrected chi connectivity index (χ2v) is 6.72. The van der Waals surface area contributed by atoms with Crippen molar-refractivity contribution < 1.29 is 9.15 Å². The number of nitrogens with zero attached hydrogens (tertiary/aromatic N) is 3. The first-order valence-corrected chi connectivity index (χ1v) is 9.07. The zero-order valence-electron chi connectivity index (χ0n) is 14.4. The van der Waals surface area contributed by atoms with Crippen LogP contribution in [0.4, 0.5) is 23.1 Å². The van der Waals surface area contributed by atoms with Crippen LogP contribution in [0.2, 0.25) is 0 Å². The van der Waals surface area contributed by atoms with E-state index in [-0.39, 0.29) is 0 Å². The Hall–Kier alpha value is -2.80. The Balaban J connectivity index is 1.36. The molecule has 0 atom stereocenters. The van der Waals surface area contributed by atoms with Crippen LogP contribution in [-0.4, -0.2) is 42.3 Å². The second-order valence-electron chi connectivity index (χ2n) is 6.72. The molecule has 1 saturated heterocycles. The number of hydrogen-bond acceptors (Lipinski definition) is 7. The maximum atomic E-state index is 5.53. The molecule has 0 amide bonds. The van der Waals surface area contributed by atoms with Crippen LogP contribution in [0, 0.1) is 0 Å². The van der Waals surface area contributed by atoms with Gasteiger partial charge in [-0.05, 0) is 37.1 Å². The average Bonchev–Trinajstić information content (AvgIpc) is 3.37. The van der Waals surface area contributed by atoms with Gasteiger partial charge in [0.25, 0.3) is 0 Å². The van der Waals surface area contributed by atoms with Gasteiger partial charge in [0.05, 0.1) is 19.5 Å². The molecule has 2 fully saturated rings. The maximum Gasteiger partial charge on any atom is 0.229 e. The number of ether oxygens (including phenoxy) is 1. The van der Waals surface area contributed by atoms with Gasteiger partial charge in [-0.2, -0.15) is 4.98 Å². The molecule has 3 heterocycles. The summed E-state index contributed by atoms with van der Waals surface area (Å²) in [6, 6.07) is 10.7. The molecule has 1 aliphatic heterocycles. The van der Waals surface area contributed by atoms with E-state index in [0.29, 0.717) is 17.6 Å². The molecule has 7 nitrogen and oxygen atoms in total. The molecule has 0 bridgehead atoms. The van der Waals surface area contributed by atoms with Gasteiger partial charge in [-0.15, -0.1) is 0 Å². The van der Waals surface area contributed by atoms with Gasteiger partial charge in [0, 0.05) is 36.6 Å². The molecule has 2 N–H and O–H groups in total. The van der Waals surface area contributed by atoms with Crippen molar-refractivity contribution >= 4 is 34.2 Å². The van der Waals surface area contributed by atoms with Crippen molar-refractivity contribution in [2.75, 3.05) is 41.8 Å². The summed E-state index contributed by atoms with van der Waals surface area (Å²) in [5, 5.41) is 6.72. The lowest BCUT2D eigenvalue weighted by atomic mass is 10.2. The Morgan fingerprint density at radius 2 is 1.81 bits per heavy atom. The molecule has 7 heteroatoms. The lowest BCUT2D eigenvalue weighted by Crippen LogP contribution is -2.36. The van der Waals surface area contributed by atoms with Gasteiger partial charge >= 0.3 is 0 Å². The van der Waals surface area contributed by atoms with Crippen LogP contribution in [0.1, 0.15) is 12.8 Å². The first-order valence-electron chi connectivity index (χ1n) is 9.07. The van der Waals surface area contributed by atoms with E-state index in [0.717, 1.165) is 43.3 Å². The average molecular weight is 351 g/mol. The van der Waals surface area contributed by atoms with Crippen LogP contribution in [0.3, 0.4) is 0 Å². The van der Waals surface area contributed by atoms with Gasteiger partial charge in [-0.25, -0.2) is 4.98 Å². The molecule has 0 radical (unpaired) electrons. The third kappa shape index (κ3) is 3.17. The number of morpholine rings is 1. The van der Waals surface area contributed by atoms with Crippen molar-refractivity contribution in [2.45, 2.75) is 18.9 Å². The molecule has 2 aromatic heterocycles. The van der Waals surface area contributed by atoms with Crippen molar-refractivity contribution in [3.05, 3.63) is 36.6 Å². The topological polar surface area (TPSA) is 75.5 Å². The zero-order chi connectivity index (χ0) is 17.3. The van der Waals surface area contributed by atoms with Gasteiger partial charge in [-0.3, -0.25) is 0 Å². The van der Waals surface area contributed by atoms with E-state index in [2.05, 4.69) is 49.8 Å². The van der Waals surface area contributed by atoms with E-state index in [1.54, 1.807) is 6.26 Å². The molecule has 1 aromatic carbocycles. The molecule has 5 rings (SSSR count). The molecule has 2 aliphatic rings. The SMILES string of the molecule is c1cc2nc(Nc3ccc(N4CCOCC4)cc3)nc(NC3CC3)c2o1. The Kier molecular flexibility index (Phi) is 3.86. The second kappa shape index (κ2) is 6.49. The van der Waals surface area contributed by atoms with Crippen LogP contribution in [0.25, 0.3) is 11.1 Å². The monoisotopic (exact) mass is 351 g/mol. The molecule has 1 saturated carbocycles. The fourth-order valence-electron chi connectivity index (χ4n) is 3.14. The van der Waals surface area contributed by atoms with Gasteiger partial charge in [-0.1, -0.05) is 0 Å². The highest BCUT2D eigenvalue weighted by Gasteiger charge is 2.23. The minimum Gasteiger partial charge on any atom is -0.459 e. The van der Waals surface area contributed by atoms with Gasteiger partial charge in [0.1, 0.15) is 5.52 Å². The van der Waals surface area contributed by atoms with Crippen molar-refractivity contribution in [1.29, 1.82) is 0 Å². The molecule has 134 valence electrons. The van der Waals surface area contributed by atoms with Crippen LogP contribution in [-0.2, 0) is 4.74 Å². The Labute approximate surface area is 151 Å². The number of anilines is 4. The van der Waals surface area contributed by atoms with E-state index in [1.807, 2.05) is 6.07 Å². The summed E-state index contributed by atoms with van der Waals surface area (Å²) in [5.41, 5.74) is 3.68. The van der Waals surface area contributed by atoms with E-state index >= 15 is 0 Å². The number of fused-ring (bicyclic) bond motifs is 1. The third-order valence-electron chi connectivity index (χ3n) is 4.72. The lowest BCUT2D eigenvalue weighted by molar-refractivity contribution is 0.122. The van der Waals surface area contributed by atoms with E-state index in [4.69, 9.17) is 9.15 Å². The predicted molar refractivity (Wildman–Crippen MR) is 101 cm³/mol. The third-order valence-corrected chi connectivity index (χ3v) is 4.72. The highest BCUT2D eigenvalue weighted by Crippen LogP contribution is 2.30. The number of hydrogen-bond donors (Lipinski definition) is 2. The normalized spacial score (nSPS) is 17.5. The molecule has 0 unspecified atom stereocenters. The van der Waals surface area contributed by atoms with Gasteiger partial charge < -0.3 is 24.7 Å². The maximum absolute atomic E-state index is 5.53. The number of aromatic nitrogens is 2. The highest BCUT2D eigenvalue weighted by molar-refractivity contribution is 5.85. The highest BCUT2D eigenvalue weighted by atomic mass is 16.5. The summed E-state index contributed by atoms with van der Waals surface area (Å²) in [7, 11) is 0. The largest absolute Gasteiger partial charge is 0.459 e. The standard InChI is InChI=1S/C19H21N5O2/c1-2-13(1)20-18-17-16(7-10-26-17)22-19(23-18)21-14-3-5-15(6-4-14)24-8-11-25-12-9-24/h3-7,10,13H,1-2,8-9,11-12H2,(H2,20,21,22,23). The lowest BCUT2D eigenvalue weighted by Gasteiger charge is -2.28. The van der Waals surface area contributed by atoms with Crippen LogP contribution >= 0.6 is 0 Å². The minimum absolute atomic E-state index is 0.499. The van der Waals surface area contributed by atoms with Gasteiger partial charge in [0.2, 0.25) is 5.95 Å². The summed E-state index contributed by atoms with van der Waals surface area (Å²) in [6.07, 6.45) is 4.01. The fourth-order valence-corrected chi connectivity index (χ4v) is 3.14. The van der Waals surface area contributed by atoms with E-state index in [9.17, 15) is 0 Å². The molecular weight excluding hydrogens is 330 g/mol. The van der Waals surface area contributed by atoms with Crippen molar-refractivity contribution in [1.82, 2.24) is 9.97 Å². The summed E-state index contributed by atoms with van der Waals surface area (Å²) >= 11 is 0. The summed E-state index contributed by atoms with van der Waals surface area (Å²) in [5.74, 6) is 1.33. The number of benzene rings is 1. The summed E-state index contributed by atoms with van der Waals surface area (Å²) < 4.78 is 10.9. The molecule has 3 aromatic rings. The zero-order valence-corrected chi connectivity index (χ0v) is 14.4. The Morgan fingerprint density at radius 3 is 2.58 bits per heavy atom. The summed E-state index contributed by atoms with van der Waals surface area (Å²) in [6.45, 7) is 3.44. The number of furan rings is 1. The Bertz CT molecular complexity index is 898. The predicted octanol–water partition coefficient (Wildman–Crippen LogP) is 3.38. The smallest absolute Gasteiger partial charge is 0.229 e. The van der Waals surface area contributed by atoms with Crippen molar-refractivity contribution in [2.24, 2.45) is 0 Å². The Morgan fingerprint density at radius 1 is 1.00 bits per heavy atom. The van der Waals surface area contributed by atoms with E-state index in [1.165, 1.54) is 18.5 Å². The van der Waals surface area contributed by atoms with Crippen LogP contribution in [0.15, 0.2) is 41.0 Å². The van der Waals surface area contributed by atoms with Crippen molar-refractivity contribution in [3.8, 4) is 0 Å². The number of nitrogens with one attached hydrogen (secondary N) is 2. The van der Waals surface area contributed by atoms with Crippen LogP contribution in [0.5, 0.6) is 0 Å². The fraction of sp³-hybridized carbons (Fsp3) is 0.368. The molecule has 1 aliphatic carbocycles. The molecule has 26 heavy (non-hydrogen) atoms. The minimum atomic E-state index is 0.499. The molecular formula is C19H21N5O2. The van der Waals surface area contributed by atoms with E-state index < -0.39 is 0 Å². The summed E-state index contributed by atoms with van der Waals surface area (Å²) in [4.78, 5) is 11.5.